The SMILES string of the molecule is Cc1cc([C@@H](C)N(C)C(=O)N2CC[C@@H]3CN(C4=CC(=O)CC4)CC3[C@@H]2c2ccc(F)cc2C)cc(C(F)(F)F)c1.Cc1cc([C@@H](C)N(C)C(=O)N2CC[C@@H]3CN(C4=CC(=O)CO4)CC3[C@@H]2c2ccc(F)cc2C)cc(C(F)(F)F)c1.Cc1cc([C@@H](C)N(C)C(=O)N2CC[C@@H]3CN(C4=NC(=O)CO4)CC3[C@@H]2c2ccc(F)cc2C)cc(C(F)(F)F)c1. The summed E-state index contributed by atoms with van der Waals surface area (Å²) in [6.45, 7) is 20.5. The minimum Gasteiger partial charge on any atom is -0.471 e. The van der Waals surface area contributed by atoms with Gasteiger partial charge in [0.05, 0.1) is 52.9 Å². The van der Waals surface area contributed by atoms with Crippen LogP contribution in [0.3, 0.4) is 0 Å². The number of allylic oxidation sites excluding steroid dienone is 2. The number of amides is 7. The zero-order valence-corrected chi connectivity index (χ0v) is 69.1. The number of fused-ring (bicyclic) bond motifs is 3. The fourth-order valence-corrected chi connectivity index (χ4v) is 19.3. The number of ketones is 2. The Morgan fingerprint density at radius 3 is 1.09 bits per heavy atom. The predicted octanol–water partition coefficient (Wildman–Crippen LogP) is 18.3. The van der Waals surface area contributed by atoms with Crippen LogP contribution in [0.25, 0.3) is 0 Å². The van der Waals surface area contributed by atoms with Gasteiger partial charge >= 0.3 is 36.6 Å². The minimum atomic E-state index is -4.50. The average Bonchev–Trinajstić information content (AvgIpc) is 1.70. The van der Waals surface area contributed by atoms with E-state index in [1.54, 1.807) is 122 Å². The fourth-order valence-electron chi connectivity index (χ4n) is 19.3. The number of aryl methyl sites for hydroxylation is 6. The lowest BCUT2D eigenvalue weighted by Crippen LogP contribution is -2.51. The van der Waals surface area contributed by atoms with Crippen molar-refractivity contribution in [3.8, 4) is 0 Å². The first-order chi connectivity index (χ1) is 56.5. The Morgan fingerprint density at radius 1 is 0.425 bits per heavy atom. The first kappa shape index (κ1) is 87.3. The quantitative estimate of drug-likeness (QED) is 0.113. The second-order valence-corrected chi connectivity index (χ2v) is 33.8. The molecule has 0 saturated carbocycles. The van der Waals surface area contributed by atoms with Crippen LogP contribution in [0.2, 0.25) is 0 Å². The molecule has 120 heavy (non-hydrogen) atoms. The molecule has 6 saturated heterocycles. The predicted molar refractivity (Wildman–Crippen MR) is 424 cm³/mol. The molecule has 0 radical (unpaired) electrons. The molecule has 7 amide bonds. The molecule has 3 unspecified atom stereocenters. The summed E-state index contributed by atoms with van der Waals surface area (Å²) in [7, 11) is 4.82. The van der Waals surface area contributed by atoms with Crippen molar-refractivity contribution in [2.75, 3.05) is 93.3 Å². The third-order valence-corrected chi connectivity index (χ3v) is 25.8. The zero-order valence-electron chi connectivity index (χ0n) is 69.1. The molecule has 0 bridgehead atoms. The third kappa shape index (κ3) is 18.5. The van der Waals surface area contributed by atoms with E-state index in [2.05, 4.69) is 9.89 Å². The summed E-state index contributed by atoms with van der Waals surface area (Å²) in [5.41, 5.74) is 6.10. The van der Waals surface area contributed by atoms with E-state index in [1.807, 2.05) is 28.5 Å². The normalized spacial score (nSPS) is 23.6. The van der Waals surface area contributed by atoms with E-state index in [9.17, 15) is 81.5 Å². The molecular formula is C90H100F12N10O8. The van der Waals surface area contributed by atoms with Crippen LogP contribution in [-0.2, 0) is 42.4 Å². The van der Waals surface area contributed by atoms with Crippen LogP contribution >= 0.6 is 0 Å². The second-order valence-electron chi connectivity index (χ2n) is 33.8. The molecule has 8 heterocycles. The van der Waals surface area contributed by atoms with Crippen LogP contribution in [0.5, 0.6) is 0 Å². The number of ether oxygens (including phenoxy) is 2. The van der Waals surface area contributed by atoms with Crippen molar-refractivity contribution in [3.05, 3.63) is 234 Å². The van der Waals surface area contributed by atoms with Crippen LogP contribution in [-0.4, -0.2) is 179 Å². The van der Waals surface area contributed by atoms with Gasteiger partial charge in [-0.15, -0.1) is 0 Å². The number of amidine groups is 1. The van der Waals surface area contributed by atoms with Crippen LogP contribution < -0.4 is 0 Å². The summed E-state index contributed by atoms with van der Waals surface area (Å²) in [5, 5.41) is 0. The molecule has 30 heteroatoms. The lowest BCUT2D eigenvalue weighted by atomic mass is 9.78. The summed E-state index contributed by atoms with van der Waals surface area (Å²) >= 11 is 0. The van der Waals surface area contributed by atoms with Gasteiger partial charge in [-0.25, -0.2) is 27.6 Å². The Labute approximate surface area is 690 Å². The number of piperidine rings is 3. The third-order valence-electron chi connectivity index (χ3n) is 25.8. The highest BCUT2D eigenvalue weighted by molar-refractivity contribution is 5.96. The van der Waals surface area contributed by atoms with Crippen molar-refractivity contribution in [2.45, 2.75) is 149 Å². The molecule has 1 aliphatic carbocycles. The van der Waals surface area contributed by atoms with Gasteiger partial charge < -0.3 is 53.6 Å². The molecule has 15 rings (SSSR count). The van der Waals surface area contributed by atoms with E-state index < -0.39 is 59.4 Å². The Balaban J connectivity index is 0.000000156. The molecular weight excluding hydrogens is 1580 g/mol. The largest absolute Gasteiger partial charge is 0.471 e. The molecule has 6 aromatic rings. The standard InChI is InChI=1S/C31H35F4N3O2.C30H33F4N3O3.C29H32F4N4O3/c1-18-11-22(14-23(12-18)31(33,34)35)20(3)36(4)30(40)38-10-9-21-16-37(25-6-7-26(39)15-25)17-28(21)29(38)27-8-5-24(32)13-19(27)2;1-17-9-21(12-22(10-17)30(32,33)34)19(3)35(4)29(39)37-8-7-20-14-36(27-13-24(38)16-40-27)15-26(20)28(37)25-6-5-23(31)11-18(25)2;1-16-9-20(12-21(10-16)29(31,32)33)18(3)35(4)28(39)37-8-7-19-13-36(27-34-25(38)15-40-27)14-24(19)26(37)23-6-5-22(30)11-17(23)2/h5,8,11-15,20-21,28-29H,6-7,9-10,16-17H2,1-4H3;5-6,9-13,19-20,26,28H,7-8,14-16H2,1-4H3;5-6,9-12,18-19,24,26H,7-8,13-15H2,1-4H3/t20-,21-,28?,29+;19-,20-,26?,28+;18-,19-,24?,26+/m111/s1. The molecule has 0 spiro atoms. The highest BCUT2D eigenvalue weighted by Crippen LogP contribution is 2.51. The number of benzene rings is 6. The van der Waals surface area contributed by atoms with Gasteiger partial charge in [-0.1, -0.05) is 53.1 Å². The molecule has 18 nitrogen and oxygen atoms in total. The number of urea groups is 3. The van der Waals surface area contributed by atoms with Crippen molar-refractivity contribution < 1.29 is 90.9 Å². The maximum absolute atomic E-state index is 14.1. The first-order valence-corrected chi connectivity index (χ1v) is 40.5. The number of hydrogen-bond donors (Lipinski definition) is 0. The molecule has 8 aliphatic heterocycles. The van der Waals surface area contributed by atoms with Crippen molar-refractivity contribution in [1.82, 2.24) is 44.1 Å². The van der Waals surface area contributed by atoms with Crippen molar-refractivity contribution in [1.29, 1.82) is 0 Å². The Hall–Kier alpha value is -10.6. The summed E-state index contributed by atoms with van der Waals surface area (Å²) in [4.78, 5) is 97.7. The molecule has 12 atom stereocenters. The first-order valence-electron chi connectivity index (χ1n) is 40.5. The van der Waals surface area contributed by atoms with Crippen molar-refractivity contribution in [3.63, 3.8) is 0 Å². The summed E-state index contributed by atoms with van der Waals surface area (Å²) in [6.07, 6.45) is -6.82. The van der Waals surface area contributed by atoms with E-state index in [0.717, 1.165) is 95.7 Å². The molecule has 642 valence electrons. The molecule has 0 aromatic heterocycles. The smallest absolute Gasteiger partial charge is 0.416 e. The van der Waals surface area contributed by atoms with E-state index in [1.165, 1.54) is 57.2 Å². The van der Waals surface area contributed by atoms with Gasteiger partial charge in [0.15, 0.2) is 30.7 Å². The maximum atomic E-state index is 14.1. The van der Waals surface area contributed by atoms with Gasteiger partial charge in [0, 0.05) is 122 Å². The number of alkyl halides is 9. The minimum absolute atomic E-state index is 0.0124. The summed E-state index contributed by atoms with van der Waals surface area (Å²) < 4.78 is 175. The van der Waals surface area contributed by atoms with Gasteiger partial charge in [-0.05, 0) is 229 Å². The van der Waals surface area contributed by atoms with Crippen LogP contribution in [0.15, 0.2) is 138 Å². The van der Waals surface area contributed by atoms with Gasteiger partial charge in [-0.2, -0.15) is 44.5 Å². The van der Waals surface area contributed by atoms with Crippen molar-refractivity contribution >= 4 is 41.6 Å². The molecule has 9 aliphatic rings. The van der Waals surface area contributed by atoms with E-state index >= 15 is 0 Å². The lowest BCUT2D eigenvalue weighted by Gasteiger charge is -2.45. The summed E-state index contributed by atoms with van der Waals surface area (Å²) in [6, 6.07) is 21.7. The van der Waals surface area contributed by atoms with Crippen LogP contribution in [0.4, 0.5) is 67.1 Å². The topological polar surface area (TPSA) is 162 Å². The number of likely N-dealkylation sites (tertiary alicyclic amines) is 6. The number of nitrogens with zero attached hydrogens (tertiary/aromatic N) is 10. The summed E-state index contributed by atoms with van der Waals surface area (Å²) in [5.74, 6) is -0.161. The van der Waals surface area contributed by atoms with Gasteiger partial charge in [0.2, 0.25) is 0 Å². The van der Waals surface area contributed by atoms with E-state index in [4.69, 9.17) is 9.47 Å². The Bertz CT molecular complexity index is 4560. The number of carbonyl (C=O) groups is 6. The maximum Gasteiger partial charge on any atom is 0.416 e. The van der Waals surface area contributed by atoms with Crippen molar-refractivity contribution in [2.24, 2.45) is 40.5 Å². The highest BCUT2D eigenvalue weighted by atomic mass is 19.4. The fraction of sp³-hybridized carbons (Fsp3) is 0.478. The number of rotatable bonds is 11. The Morgan fingerprint density at radius 2 is 0.775 bits per heavy atom. The van der Waals surface area contributed by atoms with Crippen LogP contribution in [0.1, 0.15) is 173 Å². The van der Waals surface area contributed by atoms with Gasteiger partial charge in [0.25, 0.3) is 11.9 Å². The Kier molecular flexibility index (Phi) is 25.1. The zero-order chi connectivity index (χ0) is 86.8. The van der Waals surface area contributed by atoms with E-state index in [-0.39, 0.29) is 114 Å². The molecule has 0 N–H and O–H groups in total. The molecule has 6 aromatic carbocycles. The van der Waals surface area contributed by atoms with Gasteiger partial charge in [0.1, 0.15) is 17.5 Å². The van der Waals surface area contributed by atoms with Gasteiger partial charge in [-0.3, -0.25) is 14.4 Å². The average molecular weight is 1680 g/mol. The monoisotopic (exact) mass is 1680 g/mol. The number of aliphatic imine (C=N–C) groups is 1. The lowest BCUT2D eigenvalue weighted by molar-refractivity contribution is -0.138. The molecule has 6 fully saturated rings. The van der Waals surface area contributed by atoms with E-state index in [0.29, 0.717) is 116 Å². The van der Waals surface area contributed by atoms with Crippen LogP contribution in [0, 0.1) is 94.5 Å². The number of halogens is 12. The number of hydrogen-bond acceptors (Lipinski definition) is 11. The highest BCUT2D eigenvalue weighted by Gasteiger charge is 2.53. The number of carbonyl (C=O) groups excluding carboxylic acids is 6. The second kappa shape index (κ2) is 34.5.